The topological polar surface area (TPSA) is 72.9 Å². The molecular weight excluding hydrogens is 1060 g/mol. The fourth-order valence-corrected chi connectivity index (χ4v) is 13.6. The molecule has 0 radical (unpaired) electrons. The zero-order chi connectivity index (χ0) is 57.4. The van der Waals surface area contributed by atoms with Crippen molar-refractivity contribution >= 4 is 60.7 Å². The molecule has 2 atom stereocenters. The molecule has 15 aromatic rings. The predicted molar refractivity (Wildman–Crippen MR) is 356 cm³/mol. The Bertz CT molecular complexity index is 5100. The minimum atomic E-state index is -0.00236. The molecule has 2 unspecified atom stereocenters. The number of furan rings is 1. The molecule has 0 fully saturated rings. The molecule has 1 aliphatic carbocycles. The van der Waals surface area contributed by atoms with Crippen LogP contribution in [0.15, 0.2) is 308 Å². The van der Waals surface area contributed by atoms with Crippen molar-refractivity contribution in [3.8, 4) is 84.1 Å². The molecule has 0 bridgehead atoms. The van der Waals surface area contributed by atoms with E-state index in [9.17, 15) is 0 Å². The Kier molecular flexibility index (Phi) is 11.9. The molecule has 87 heavy (non-hydrogen) atoms. The highest BCUT2D eigenvalue weighted by Gasteiger charge is 2.39. The summed E-state index contributed by atoms with van der Waals surface area (Å²) in [7, 11) is 0. The maximum atomic E-state index is 6.77. The molecule has 17 rings (SSSR count). The summed E-state index contributed by atoms with van der Waals surface area (Å²) in [4.78, 5) is 21.7. The van der Waals surface area contributed by atoms with Crippen LogP contribution in [0.25, 0.3) is 133 Å². The van der Waals surface area contributed by atoms with Crippen LogP contribution in [-0.4, -0.2) is 30.5 Å². The molecule has 7 heterocycles. The van der Waals surface area contributed by atoms with Gasteiger partial charge in [-0.15, -0.1) is 0 Å². The van der Waals surface area contributed by atoms with Crippen LogP contribution in [0, 0.1) is 0 Å². The van der Waals surface area contributed by atoms with E-state index in [2.05, 4.69) is 264 Å². The number of nitrogens with zero attached hydrogens (tertiary/aromatic N) is 6. The van der Waals surface area contributed by atoms with Crippen LogP contribution in [0.5, 0.6) is 0 Å². The van der Waals surface area contributed by atoms with Crippen LogP contribution in [0.3, 0.4) is 0 Å². The van der Waals surface area contributed by atoms with E-state index < -0.39 is 0 Å². The van der Waals surface area contributed by atoms with E-state index in [1.54, 1.807) is 0 Å². The minimum absolute atomic E-state index is 0.00236. The average molecular weight is 1110 g/mol. The van der Waals surface area contributed by atoms with E-state index in [-0.39, 0.29) is 12.0 Å². The van der Waals surface area contributed by atoms with E-state index in [1.165, 1.54) is 16.8 Å². The van der Waals surface area contributed by atoms with Gasteiger partial charge in [-0.05, 0) is 171 Å². The first kappa shape index (κ1) is 50.0. The molecule has 0 amide bonds. The van der Waals surface area contributed by atoms with Crippen LogP contribution in [-0.2, 0) is 0 Å². The Balaban J connectivity index is 0.816. The van der Waals surface area contributed by atoms with E-state index in [0.717, 1.165) is 139 Å². The second-order valence-corrected chi connectivity index (χ2v) is 22.4. The van der Waals surface area contributed by atoms with Gasteiger partial charge in [0.25, 0.3) is 0 Å². The van der Waals surface area contributed by atoms with Gasteiger partial charge in [-0.3, -0.25) is 19.9 Å². The Hall–Kier alpha value is -11.5. The number of pyridine rings is 4. The van der Waals surface area contributed by atoms with Gasteiger partial charge in [-0.25, -0.2) is 0 Å². The number of hydrogen-bond donors (Lipinski definition) is 0. The number of aromatic nitrogens is 5. The summed E-state index contributed by atoms with van der Waals surface area (Å²) in [6.45, 7) is 0. The van der Waals surface area contributed by atoms with Gasteiger partial charge < -0.3 is 13.9 Å². The Morgan fingerprint density at radius 1 is 0.333 bits per heavy atom. The summed E-state index contributed by atoms with van der Waals surface area (Å²) < 4.78 is 9.19. The lowest BCUT2D eigenvalue weighted by atomic mass is 9.84. The van der Waals surface area contributed by atoms with Crippen LogP contribution in [0.2, 0.25) is 0 Å². The van der Waals surface area contributed by atoms with Crippen molar-refractivity contribution in [3.63, 3.8) is 0 Å². The third-order valence-corrected chi connectivity index (χ3v) is 17.6. The number of anilines is 2. The van der Waals surface area contributed by atoms with Gasteiger partial charge in [-0.2, -0.15) is 0 Å². The standard InChI is InChI=1S/C80H52N6O/c1-5-21-61(71-25-9-13-41-81-71)57(17-1)51-29-35-75-65(45-51)66-46-52(58-18-2-6-22-62(58)72-26-10-14-42-82-72)30-36-76(66)85(75)55-33-39-79-69(49-55)70-50-56(34-40-80(70)87-79)86-77-37-31-53(59-19-3-7-23-63(59)73-27-11-15-43-83-73)47-67(77)68-48-54(32-38-78(68)86)60-20-4-8-24-64(60)74-28-12-16-44-84-74/h1-50,65,75H. The molecular formula is C80H52N6O. The van der Waals surface area contributed by atoms with E-state index >= 15 is 0 Å². The molecule has 0 N–H and O–H groups in total. The monoisotopic (exact) mass is 1110 g/mol. The Labute approximate surface area is 502 Å². The van der Waals surface area contributed by atoms with Crippen molar-refractivity contribution in [2.75, 3.05) is 4.90 Å². The second-order valence-electron chi connectivity index (χ2n) is 22.4. The van der Waals surface area contributed by atoms with Crippen molar-refractivity contribution in [3.05, 3.63) is 315 Å². The van der Waals surface area contributed by atoms with Crippen molar-refractivity contribution in [2.45, 2.75) is 12.0 Å². The van der Waals surface area contributed by atoms with Gasteiger partial charge in [0, 0.05) is 91.6 Å². The number of benzene rings is 9. The van der Waals surface area contributed by atoms with Gasteiger partial charge in [-0.1, -0.05) is 158 Å². The van der Waals surface area contributed by atoms with Crippen molar-refractivity contribution in [1.82, 2.24) is 24.5 Å². The van der Waals surface area contributed by atoms with Crippen molar-refractivity contribution in [1.29, 1.82) is 0 Å². The van der Waals surface area contributed by atoms with E-state index in [1.807, 2.05) is 49.1 Å². The summed E-state index contributed by atoms with van der Waals surface area (Å²) in [5.74, 6) is 0.0328. The van der Waals surface area contributed by atoms with Crippen molar-refractivity contribution in [2.24, 2.45) is 0 Å². The fourth-order valence-electron chi connectivity index (χ4n) is 13.6. The lowest BCUT2D eigenvalue weighted by molar-refractivity contribution is 0.668. The normalized spacial score (nSPS) is 14.4. The van der Waals surface area contributed by atoms with Crippen LogP contribution < -0.4 is 4.90 Å². The molecule has 7 heteroatoms. The van der Waals surface area contributed by atoms with Gasteiger partial charge in [0.05, 0.1) is 39.9 Å². The van der Waals surface area contributed by atoms with Gasteiger partial charge in [0.1, 0.15) is 11.2 Å². The quantitative estimate of drug-likeness (QED) is 0.136. The second kappa shape index (κ2) is 20.7. The van der Waals surface area contributed by atoms with Gasteiger partial charge >= 0.3 is 0 Å². The average Bonchev–Trinajstić information content (AvgIpc) is 1.70. The molecule has 7 nitrogen and oxygen atoms in total. The number of allylic oxidation sites excluding steroid dienone is 2. The van der Waals surface area contributed by atoms with Crippen LogP contribution in [0.4, 0.5) is 11.4 Å². The third kappa shape index (κ3) is 8.50. The first-order chi connectivity index (χ1) is 43.1. The summed E-state index contributed by atoms with van der Waals surface area (Å²) in [6.07, 6.45) is 14.7. The highest BCUT2D eigenvalue weighted by molar-refractivity contribution is 6.13. The summed E-state index contributed by atoms with van der Waals surface area (Å²) in [5.41, 5.74) is 25.8. The summed E-state index contributed by atoms with van der Waals surface area (Å²) >= 11 is 0. The highest BCUT2D eigenvalue weighted by Crippen LogP contribution is 2.52. The van der Waals surface area contributed by atoms with Crippen LogP contribution in [0.1, 0.15) is 17.0 Å². The number of hydrogen-bond acceptors (Lipinski definition) is 6. The maximum Gasteiger partial charge on any atom is 0.135 e. The molecule has 0 saturated carbocycles. The molecule has 6 aromatic heterocycles. The molecule has 9 aromatic carbocycles. The van der Waals surface area contributed by atoms with Crippen LogP contribution >= 0.6 is 0 Å². The first-order valence-electron chi connectivity index (χ1n) is 29.6. The Morgan fingerprint density at radius 2 is 0.747 bits per heavy atom. The predicted octanol–water partition coefficient (Wildman–Crippen LogP) is 20.2. The largest absolute Gasteiger partial charge is 0.456 e. The minimum Gasteiger partial charge on any atom is -0.456 e. The molecule has 0 spiro atoms. The highest BCUT2D eigenvalue weighted by atomic mass is 16.3. The number of fused-ring (bicyclic) bond motifs is 9. The third-order valence-electron chi connectivity index (χ3n) is 17.6. The number of rotatable bonds is 10. The zero-order valence-electron chi connectivity index (χ0n) is 47.1. The Morgan fingerprint density at radius 3 is 1.23 bits per heavy atom. The molecule has 2 aliphatic rings. The van der Waals surface area contributed by atoms with Gasteiger partial charge in [0.2, 0.25) is 0 Å². The maximum absolute atomic E-state index is 6.77. The van der Waals surface area contributed by atoms with E-state index in [4.69, 9.17) is 24.4 Å². The molecule has 0 saturated heterocycles. The van der Waals surface area contributed by atoms with Crippen molar-refractivity contribution < 1.29 is 4.42 Å². The lowest BCUT2D eigenvalue weighted by Crippen LogP contribution is -2.28. The summed E-state index contributed by atoms with van der Waals surface area (Å²) in [6, 6.07) is 93.1. The SMILES string of the molecule is C1=CC2C(C=C1c1ccccc1-c1ccccn1)c1cc(-c3ccccc3-c3ccccn3)ccc1N2c1ccc2oc3ccc(-n4c5ccc(-c6ccccc6-c6ccccn6)cc5c5cc(-c6ccccc6-c6ccccn6)ccc54)cc3c2c1. The lowest BCUT2D eigenvalue weighted by Gasteiger charge is -2.30. The van der Waals surface area contributed by atoms with Gasteiger partial charge in [0.15, 0.2) is 0 Å². The zero-order valence-corrected chi connectivity index (χ0v) is 47.1. The fraction of sp³-hybridized carbons (Fsp3) is 0.0250. The first-order valence-corrected chi connectivity index (χ1v) is 29.6. The van der Waals surface area contributed by atoms with E-state index in [0.29, 0.717) is 0 Å². The molecule has 1 aliphatic heterocycles. The summed E-state index contributed by atoms with van der Waals surface area (Å²) in [5, 5.41) is 4.40. The smallest absolute Gasteiger partial charge is 0.135 e. The molecule has 408 valence electrons.